The number of fused-ring (bicyclic) bond motifs is 1. The molecule has 2 amide bonds. The molecule has 2 aliphatic carbocycles. The normalized spacial score (nSPS) is 22.4. The lowest BCUT2D eigenvalue weighted by atomic mass is 10.0. The number of aromatic amines is 1. The van der Waals surface area contributed by atoms with E-state index in [0.29, 0.717) is 38.0 Å². The zero-order chi connectivity index (χ0) is 24.6. The molecule has 2 saturated heterocycles. The Morgan fingerprint density at radius 3 is 2.50 bits per heavy atom. The highest BCUT2D eigenvalue weighted by molar-refractivity contribution is 5.86. The molecule has 0 radical (unpaired) electrons. The molecule has 4 aliphatic rings. The smallest absolute Gasteiger partial charge is 0.245 e. The molecule has 10 nitrogen and oxygen atoms in total. The summed E-state index contributed by atoms with van der Waals surface area (Å²) < 4.78 is 0. The van der Waals surface area contributed by atoms with E-state index in [-0.39, 0.29) is 17.9 Å². The molecular weight excluding hydrogens is 456 g/mol. The van der Waals surface area contributed by atoms with Crippen LogP contribution in [0.2, 0.25) is 0 Å². The minimum absolute atomic E-state index is 0.0726. The molecule has 2 aromatic heterocycles. The highest BCUT2D eigenvalue weighted by atomic mass is 16.2. The zero-order valence-electron chi connectivity index (χ0n) is 21.1. The number of nitrogens with zero attached hydrogens (tertiary/aromatic N) is 6. The van der Waals surface area contributed by atoms with Gasteiger partial charge in [0.1, 0.15) is 11.9 Å². The van der Waals surface area contributed by atoms with Gasteiger partial charge in [-0.3, -0.25) is 14.7 Å². The molecule has 36 heavy (non-hydrogen) atoms. The number of H-pyrrole nitrogens is 1. The van der Waals surface area contributed by atoms with Gasteiger partial charge in [-0.2, -0.15) is 10.1 Å². The van der Waals surface area contributed by atoms with Gasteiger partial charge in [-0.15, -0.1) is 0 Å². The molecule has 6 rings (SSSR count). The van der Waals surface area contributed by atoms with Gasteiger partial charge in [0.15, 0.2) is 5.82 Å². The Bertz CT molecular complexity index is 1130. The number of hydrogen-bond donors (Lipinski definition) is 2. The van der Waals surface area contributed by atoms with Gasteiger partial charge >= 0.3 is 0 Å². The van der Waals surface area contributed by atoms with E-state index in [0.717, 1.165) is 56.0 Å². The number of carbonyl (C=O) groups excluding carboxylic acids is 2. The summed E-state index contributed by atoms with van der Waals surface area (Å²) in [6.07, 6.45) is 9.74. The van der Waals surface area contributed by atoms with Crippen LogP contribution in [0.5, 0.6) is 0 Å². The Morgan fingerprint density at radius 1 is 0.944 bits per heavy atom. The second-order valence-corrected chi connectivity index (χ2v) is 10.6. The molecule has 2 N–H and O–H groups in total. The van der Waals surface area contributed by atoms with Crippen LogP contribution in [0, 0.1) is 0 Å². The van der Waals surface area contributed by atoms with Crippen LogP contribution >= 0.6 is 0 Å². The Labute approximate surface area is 211 Å². The van der Waals surface area contributed by atoms with Crippen LogP contribution in [-0.2, 0) is 22.4 Å². The molecule has 10 heteroatoms. The third-order valence-electron chi connectivity index (χ3n) is 8.39. The van der Waals surface area contributed by atoms with E-state index in [2.05, 4.69) is 26.5 Å². The molecule has 192 valence electrons. The van der Waals surface area contributed by atoms with Crippen LogP contribution in [-0.4, -0.2) is 80.5 Å². The maximum atomic E-state index is 13.5. The maximum Gasteiger partial charge on any atom is 0.245 e. The first-order valence-corrected chi connectivity index (χ1v) is 13.6. The second-order valence-electron chi connectivity index (χ2n) is 10.6. The van der Waals surface area contributed by atoms with Gasteiger partial charge in [0, 0.05) is 62.9 Å². The van der Waals surface area contributed by atoms with Crippen LogP contribution in [0.1, 0.15) is 74.7 Å². The fraction of sp³-hybridized carbons (Fsp3) is 0.654. The van der Waals surface area contributed by atoms with Gasteiger partial charge < -0.3 is 20.0 Å². The lowest BCUT2D eigenvalue weighted by molar-refractivity contribution is -0.139. The molecule has 1 atom stereocenters. The lowest BCUT2D eigenvalue weighted by Gasteiger charge is -2.37. The first kappa shape index (κ1) is 23.2. The number of aromatic nitrogens is 4. The van der Waals surface area contributed by atoms with Crippen molar-refractivity contribution in [1.82, 2.24) is 30.0 Å². The predicted octanol–water partition coefficient (Wildman–Crippen LogP) is 2.75. The standard InChI is InChI=1S/C26H36N8O2/c1-17(35)32-12-14-33(15-13-32)25(36)22-10-5-11-34(22)26-27-20-9-4-8-19(20)24(29-26)28-23-16-21(30-31-23)18-6-2-3-7-18/h16,18,22H,2-15H2,1H3,(H2,27,28,29,30,31)/t22-/m0/s1. The molecular formula is C26H36N8O2. The van der Waals surface area contributed by atoms with Crippen LogP contribution in [0.25, 0.3) is 0 Å². The minimum atomic E-state index is -0.250. The van der Waals surface area contributed by atoms with Crippen LogP contribution in [0.15, 0.2) is 6.07 Å². The van der Waals surface area contributed by atoms with Crippen molar-refractivity contribution in [3.8, 4) is 0 Å². The Morgan fingerprint density at radius 2 is 1.72 bits per heavy atom. The van der Waals surface area contributed by atoms with Crippen molar-refractivity contribution in [1.29, 1.82) is 0 Å². The monoisotopic (exact) mass is 492 g/mol. The third-order valence-corrected chi connectivity index (χ3v) is 8.39. The van der Waals surface area contributed by atoms with Gasteiger partial charge in [-0.25, -0.2) is 4.98 Å². The zero-order valence-corrected chi connectivity index (χ0v) is 21.1. The summed E-state index contributed by atoms with van der Waals surface area (Å²) in [4.78, 5) is 40.9. The molecule has 3 fully saturated rings. The molecule has 0 unspecified atom stereocenters. The van der Waals surface area contributed by atoms with Crippen molar-refractivity contribution in [3.63, 3.8) is 0 Å². The number of nitrogens with one attached hydrogen (secondary N) is 2. The lowest BCUT2D eigenvalue weighted by Crippen LogP contribution is -2.54. The minimum Gasteiger partial charge on any atom is -0.339 e. The number of anilines is 3. The summed E-state index contributed by atoms with van der Waals surface area (Å²) in [7, 11) is 0. The van der Waals surface area contributed by atoms with E-state index < -0.39 is 0 Å². The number of carbonyl (C=O) groups is 2. The van der Waals surface area contributed by atoms with Crippen LogP contribution in [0.4, 0.5) is 17.6 Å². The summed E-state index contributed by atoms with van der Waals surface area (Å²) >= 11 is 0. The van der Waals surface area contributed by atoms with Crippen molar-refractivity contribution in [3.05, 3.63) is 23.0 Å². The van der Waals surface area contributed by atoms with E-state index in [1.165, 1.54) is 36.9 Å². The van der Waals surface area contributed by atoms with Gasteiger partial charge in [-0.05, 0) is 44.9 Å². The topological polar surface area (TPSA) is 110 Å². The third kappa shape index (κ3) is 4.41. The molecule has 2 aliphatic heterocycles. The molecule has 4 heterocycles. The van der Waals surface area contributed by atoms with E-state index >= 15 is 0 Å². The Balaban J connectivity index is 1.21. The van der Waals surface area contributed by atoms with Crippen molar-refractivity contribution in [2.45, 2.75) is 76.7 Å². The Hall–Kier alpha value is -3.17. The summed E-state index contributed by atoms with van der Waals surface area (Å²) in [5, 5.41) is 11.2. The fourth-order valence-corrected chi connectivity index (χ4v) is 6.33. The van der Waals surface area contributed by atoms with Crippen molar-refractivity contribution < 1.29 is 9.59 Å². The summed E-state index contributed by atoms with van der Waals surface area (Å²) in [6.45, 7) is 4.74. The van der Waals surface area contributed by atoms with E-state index in [4.69, 9.17) is 9.97 Å². The van der Waals surface area contributed by atoms with Crippen LogP contribution < -0.4 is 10.2 Å². The SMILES string of the molecule is CC(=O)N1CCN(C(=O)[C@@H]2CCCN2c2nc3c(c(Nc4cc(C5CCCC5)[nH]n4)n2)CCC3)CC1. The van der Waals surface area contributed by atoms with E-state index in [1.807, 2.05) is 9.80 Å². The highest BCUT2D eigenvalue weighted by Crippen LogP contribution is 2.36. The van der Waals surface area contributed by atoms with Crippen molar-refractivity contribution in [2.24, 2.45) is 0 Å². The Kier molecular flexibility index (Phi) is 6.27. The molecule has 0 bridgehead atoms. The van der Waals surface area contributed by atoms with Crippen molar-refractivity contribution >= 4 is 29.4 Å². The maximum absolute atomic E-state index is 13.5. The summed E-state index contributed by atoms with van der Waals surface area (Å²) in [5.74, 6) is 3.04. The van der Waals surface area contributed by atoms with Crippen molar-refractivity contribution in [2.75, 3.05) is 42.9 Å². The molecule has 0 aromatic carbocycles. The average Bonchev–Trinajstić information content (AvgIpc) is 3.69. The number of piperazine rings is 1. The summed E-state index contributed by atoms with van der Waals surface area (Å²) in [5.41, 5.74) is 3.46. The average molecular weight is 493 g/mol. The van der Waals surface area contributed by atoms with Gasteiger partial charge in [0.25, 0.3) is 0 Å². The summed E-state index contributed by atoms with van der Waals surface area (Å²) in [6, 6.07) is 1.88. The van der Waals surface area contributed by atoms with Gasteiger partial charge in [-0.1, -0.05) is 12.8 Å². The highest BCUT2D eigenvalue weighted by Gasteiger charge is 2.37. The molecule has 0 spiro atoms. The first-order chi connectivity index (χ1) is 17.6. The van der Waals surface area contributed by atoms with Gasteiger partial charge in [0.05, 0.1) is 5.69 Å². The molecule has 2 aromatic rings. The van der Waals surface area contributed by atoms with Crippen LogP contribution in [0.3, 0.4) is 0 Å². The molecule has 1 saturated carbocycles. The first-order valence-electron chi connectivity index (χ1n) is 13.6. The van der Waals surface area contributed by atoms with E-state index in [9.17, 15) is 9.59 Å². The number of rotatable bonds is 5. The van der Waals surface area contributed by atoms with E-state index in [1.54, 1.807) is 6.92 Å². The quantitative estimate of drug-likeness (QED) is 0.660. The number of aryl methyl sites for hydroxylation is 1. The largest absolute Gasteiger partial charge is 0.339 e. The fourth-order valence-electron chi connectivity index (χ4n) is 6.33. The second kappa shape index (κ2) is 9.71. The predicted molar refractivity (Wildman–Crippen MR) is 136 cm³/mol. The van der Waals surface area contributed by atoms with Gasteiger partial charge in [0.2, 0.25) is 17.8 Å². The number of hydrogen-bond acceptors (Lipinski definition) is 7. The number of amides is 2.